The van der Waals surface area contributed by atoms with Gasteiger partial charge >= 0.3 is 5.97 Å². The first kappa shape index (κ1) is 7.66. The van der Waals surface area contributed by atoms with Gasteiger partial charge in [-0.25, -0.2) is 4.79 Å². The van der Waals surface area contributed by atoms with Crippen molar-refractivity contribution in [3.8, 4) is 0 Å². The molecule has 3 heteroatoms. The summed E-state index contributed by atoms with van der Waals surface area (Å²) in [5, 5.41) is 8.38. The van der Waals surface area contributed by atoms with Gasteiger partial charge in [0.15, 0.2) is 0 Å². The van der Waals surface area contributed by atoms with E-state index in [0.29, 0.717) is 0 Å². The number of carbonyl (C=O) groups is 1. The Morgan fingerprint density at radius 3 is 3.00 bits per heavy atom. The van der Waals surface area contributed by atoms with Gasteiger partial charge in [-0.15, -0.1) is 0 Å². The van der Waals surface area contributed by atoms with Crippen molar-refractivity contribution in [1.29, 1.82) is 0 Å². The first-order chi connectivity index (χ1) is 4.79. The van der Waals surface area contributed by atoms with Crippen molar-refractivity contribution in [3.05, 3.63) is 11.6 Å². The second kappa shape index (κ2) is 3.66. The number of carboxylic acids is 1. The Balaban J connectivity index is 2.45. The molecule has 0 unspecified atom stereocenters. The van der Waals surface area contributed by atoms with Crippen molar-refractivity contribution in [2.24, 2.45) is 0 Å². The zero-order chi connectivity index (χ0) is 7.40. The van der Waals surface area contributed by atoms with E-state index in [9.17, 15) is 4.79 Å². The van der Waals surface area contributed by atoms with E-state index in [1.807, 2.05) is 11.8 Å². The minimum absolute atomic E-state index is 0.808. The van der Waals surface area contributed by atoms with Gasteiger partial charge in [0.25, 0.3) is 0 Å². The van der Waals surface area contributed by atoms with Gasteiger partial charge in [-0.3, -0.25) is 0 Å². The summed E-state index contributed by atoms with van der Waals surface area (Å²) in [6.07, 6.45) is 3.44. The summed E-state index contributed by atoms with van der Waals surface area (Å²) in [4.78, 5) is 10.2. The van der Waals surface area contributed by atoms with Crippen LogP contribution in [0.1, 0.15) is 12.8 Å². The minimum atomic E-state index is -0.808. The molecular weight excluding hydrogens is 148 g/mol. The highest BCUT2D eigenvalue weighted by atomic mass is 32.2. The van der Waals surface area contributed by atoms with Gasteiger partial charge in [0, 0.05) is 11.8 Å². The number of thioether (sulfide) groups is 1. The second-order valence-electron chi connectivity index (χ2n) is 2.30. The lowest BCUT2D eigenvalue weighted by atomic mass is 10.1. The van der Waals surface area contributed by atoms with Gasteiger partial charge in [0.05, 0.1) is 0 Å². The van der Waals surface area contributed by atoms with Gasteiger partial charge in [0.2, 0.25) is 0 Å². The molecular formula is C7H10O2S. The minimum Gasteiger partial charge on any atom is -0.478 e. The zero-order valence-corrected chi connectivity index (χ0v) is 6.49. The molecule has 0 aromatic rings. The normalized spacial score (nSPS) is 23.0. The molecule has 10 heavy (non-hydrogen) atoms. The van der Waals surface area contributed by atoms with E-state index >= 15 is 0 Å². The van der Waals surface area contributed by atoms with Gasteiger partial charge in [-0.1, -0.05) is 5.57 Å². The summed E-state index contributed by atoms with van der Waals surface area (Å²) in [7, 11) is 0. The average molecular weight is 158 g/mol. The number of rotatable bonds is 1. The van der Waals surface area contributed by atoms with Gasteiger partial charge < -0.3 is 5.11 Å². The van der Waals surface area contributed by atoms with Crippen LogP contribution in [-0.4, -0.2) is 22.6 Å². The molecule has 1 saturated heterocycles. The van der Waals surface area contributed by atoms with E-state index < -0.39 is 5.97 Å². The van der Waals surface area contributed by atoms with Crippen molar-refractivity contribution in [1.82, 2.24) is 0 Å². The van der Waals surface area contributed by atoms with Crippen molar-refractivity contribution >= 4 is 17.7 Å². The van der Waals surface area contributed by atoms with Crippen LogP contribution in [0, 0.1) is 0 Å². The summed E-state index contributed by atoms with van der Waals surface area (Å²) in [5.41, 5.74) is 1.07. The fourth-order valence-corrected chi connectivity index (χ4v) is 1.95. The molecule has 2 nitrogen and oxygen atoms in total. The van der Waals surface area contributed by atoms with E-state index in [-0.39, 0.29) is 0 Å². The van der Waals surface area contributed by atoms with Gasteiger partial charge in [0.1, 0.15) is 0 Å². The molecule has 0 aliphatic carbocycles. The maximum Gasteiger partial charge on any atom is 0.328 e. The predicted molar refractivity (Wildman–Crippen MR) is 42.3 cm³/mol. The highest BCUT2D eigenvalue weighted by Gasteiger charge is 2.06. The molecule has 1 rings (SSSR count). The van der Waals surface area contributed by atoms with E-state index in [2.05, 4.69) is 0 Å². The Morgan fingerprint density at radius 2 is 2.50 bits per heavy atom. The molecule has 0 bridgehead atoms. The third kappa shape index (κ3) is 2.43. The topological polar surface area (TPSA) is 37.3 Å². The number of hydrogen-bond donors (Lipinski definition) is 1. The Morgan fingerprint density at radius 1 is 1.70 bits per heavy atom. The zero-order valence-electron chi connectivity index (χ0n) is 5.67. The monoisotopic (exact) mass is 158 g/mol. The third-order valence-corrected chi connectivity index (χ3v) is 2.55. The lowest BCUT2D eigenvalue weighted by Gasteiger charge is -2.11. The molecule has 1 heterocycles. The van der Waals surface area contributed by atoms with Crippen molar-refractivity contribution < 1.29 is 9.90 Å². The molecule has 0 aromatic heterocycles. The van der Waals surface area contributed by atoms with Crippen LogP contribution in [0.5, 0.6) is 0 Å². The number of aliphatic carboxylic acids is 1. The fourth-order valence-electron chi connectivity index (χ4n) is 0.965. The highest BCUT2D eigenvalue weighted by molar-refractivity contribution is 7.99. The first-order valence-corrected chi connectivity index (χ1v) is 4.44. The van der Waals surface area contributed by atoms with Crippen LogP contribution in [0.3, 0.4) is 0 Å². The Kier molecular flexibility index (Phi) is 2.81. The smallest absolute Gasteiger partial charge is 0.328 e. The molecule has 1 aliphatic heterocycles. The van der Waals surface area contributed by atoms with Crippen LogP contribution in [0.4, 0.5) is 0 Å². The molecule has 0 saturated carbocycles. The van der Waals surface area contributed by atoms with Gasteiger partial charge in [-0.2, -0.15) is 11.8 Å². The Hall–Kier alpha value is -0.440. The van der Waals surface area contributed by atoms with Crippen LogP contribution in [0.15, 0.2) is 11.6 Å². The van der Waals surface area contributed by atoms with Crippen LogP contribution < -0.4 is 0 Å². The molecule has 0 spiro atoms. The Labute approximate surface area is 64.3 Å². The number of hydrogen-bond acceptors (Lipinski definition) is 2. The summed E-state index contributed by atoms with van der Waals surface area (Å²) in [5.74, 6) is 1.28. The fraction of sp³-hybridized carbons (Fsp3) is 0.571. The quantitative estimate of drug-likeness (QED) is 0.588. The lowest BCUT2D eigenvalue weighted by Crippen LogP contribution is -2.01. The highest BCUT2D eigenvalue weighted by Crippen LogP contribution is 2.21. The SMILES string of the molecule is O=C(O)C=C1CCCSC1. The van der Waals surface area contributed by atoms with E-state index in [1.54, 1.807) is 0 Å². The molecule has 0 aromatic carbocycles. The largest absolute Gasteiger partial charge is 0.478 e. The van der Waals surface area contributed by atoms with E-state index in [4.69, 9.17) is 5.11 Å². The van der Waals surface area contributed by atoms with Crippen LogP contribution in [-0.2, 0) is 4.79 Å². The summed E-state index contributed by atoms with van der Waals surface area (Å²) in [6, 6.07) is 0. The molecule has 1 fully saturated rings. The molecule has 0 amide bonds. The standard InChI is InChI=1S/C7H10O2S/c8-7(9)4-6-2-1-3-10-5-6/h4H,1-3,5H2,(H,8,9). The third-order valence-electron chi connectivity index (χ3n) is 1.40. The van der Waals surface area contributed by atoms with E-state index in [1.165, 1.54) is 11.8 Å². The maximum atomic E-state index is 10.2. The average Bonchev–Trinajstić information content (AvgIpc) is 1.88. The maximum absolute atomic E-state index is 10.2. The Bertz CT molecular complexity index is 155. The van der Waals surface area contributed by atoms with E-state index in [0.717, 1.165) is 24.2 Å². The molecule has 1 aliphatic rings. The molecule has 0 radical (unpaired) electrons. The molecule has 56 valence electrons. The lowest BCUT2D eigenvalue weighted by molar-refractivity contribution is -0.131. The van der Waals surface area contributed by atoms with Gasteiger partial charge in [-0.05, 0) is 18.6 Å². The number of carboxylic acid groups (broad SMARTS) is 1. The van der Waals surface area contributed by atoms with Crippen molar-refractivity contribution in [2.75, 3.05) is 11.5 Å². The second-order valence-corrected chi connectivity index (χ2v) is 3.40. The summed E-state index contributed by atoms with van der Waals surface area (Å²) >= 11 is 1.81. The first-order valence-electron chi connectivity index (χ1n) is 3.29. The predicted octanol–water partition coefficient (Wildman–Crippen LogP) is 1.52. The van der Waals surface area contributed by atoms with Crippen LogP contribution >= 0.6 is 11.8 Å². The molecule has 1 N–H and O–H groups in total. The van der Waals surface area contributed by atoms with Crippen LogP contribution in [0.25, 0.3) is 0 Å². The van der Waals surface area contributed by atoms with Crippen LogP contribution in [0.2, 0.25) is 0 Å². The molecule has 0 atom stereocenters. The summed E-state index contributed by atoms with van der Waals surface area (Å²) in [6.45, 7) is 0. The summed E-state index contributed by atoms with van der Waals surface area (Å²) < 4.78 is 0. The van der Waals surface area contributed by atoms with Crippen molar-refractivity contribution in [2.45, 2.75) is 12.8 Å². The van der Waals surface area contributed by atoms with Crippen molar-refractivity contribution in [3.63, 3.8) is 0 Å².